The summed E-state index contributed by atoms with van der Waals surface area (Å²) in [6, 6.07) is 15.9. The average Bonchev–Trinajstić information content (AvgIpc) is 3.72. The van der Waals surface area contributed by atoms with Crippen LogP contribution in [0.4, 0.5) is 14.5 Å². The Morgan fingerprint density at radius 3 is 2.37 bits per heavy atom. The highest BCUT2D eigenvalue weighted by molar-refractivity contribution is 6.42. The van der Waals surface area contributed by atoms with Gasteiger partial charge in [-0.2, -0.15) is 5.26 Å². The monoisotopic (exact) mass is 607 g/mol. The van der Waals surface area contributed by atoms with Crippen molar-refractivity contribution in [3.8, 4) is 6.07 Å². The third-order valence-corrected chi connectivity index (χ3v) is 9.04. The SMILES string of the molecule is CC.CC=O.CNc1ccc(Cl)c(Cl)c1.N#Cc1cccc([C@]23CCC(CCCN4CCC(F)(F)CC4)CC2C3)c1. The van der Waals surface area contributed by atoms with Crippen LogP contribution in [0.3, 0.4) is 0 Å². The van der Waals surface area contributed by atoms with Crippen LogP contribution in [-0.2, 0) is 10.2 Å². The van der Waals surface area contributed by atoms with Crippen molar-refractivity contribution in [2.45, 2.75) is 83.5 Å². The maximum absolute atomic E-state index is 13.2. The molecule has 0 bridgehead atoms. The Hall–Kier alpha value is -2.20. The molecule has 1 aliphatic heterocycles. The van der Waals surface area contributed by atoms with Crippen LogP contribution in [0.15, 0.2) is 42.5 Å². The van der Waals surface area contributed by atoms with E-state index < -0.39 is 5.92 Å². The van der Waals surface area contributed by atoms with Gasteiger partial charge in [0, 0.05) is 38.7 Å². The van der Waals surface area contributed by atoms with Crippen molar-refractivity contribution in [1.29, 1.82) is 5.26 Å². The van der Waals surface area contributed by atoms with Crippen LogP contribution in [0.25, 0.3) is 0 Å². The molecule has 0 radical (unpaired) electrons. The second-order valence-corrected chi connectivity index (χ2v) is 11.7. The molecular formula is C33H45Cl2F2N3O. The summed E-state index contributed by atoms with van der Waals surface area (Å²) in [7, 11) is 1.83. The lowest BCUT2D eigenvalue weighted by Crippen LogP contribution is -2.39. The number of benzene rings is 2. The summed E-state index contributed by atoms with van der Waals surface area (Å²) in [6.07, 6.45) is 8.27. The second-order valence-electron chi connectivity index (χ2n) is 10.8. The smallest absolute Gasteiger partial charge is 0.250 e. The molecule has 2 aliphatic carbocycles. The van der Waals surface area contributed by atoms with Crippen molar-refractivity contribution in [1.82, 2.24) is 4.90 Å². The zero-order valence-corrected chi connectivity index (χ0v) is 26.4. The van der Waals surface area contributed by atoms with Crippen molar-refractivity contribution in [2.24, 2.45) is 11.8 Å². The lowest BCUT2D eigenvalue weighted by molar-refractivity contribution is -0.106. The van der Waals surface area contributed by atoms with Gasteiger partial charge >= 0.3 is 0 Å². The minimum absolute atomic E-state index is 0.0305. The van der Waals surface area contributed by atoms with Crippen LogP contribution in [0.1, 0.15) is 83.3 Å². The summed E-state index contributed by atoms with van der Waals surface area (Å²) < 4.78 is 26.4. The minimum Gasteiger partial charge on any atom is -0.388 e. The number of hydrogen-bond acceptors (Lipinski definition) is 4. The number of nitriles is 1. The number of nitrogens with zero attached hydrogens (tertiary/aromatic N) is 2. The molecule has 4 nitrogen and oxygen atoms in total. The lowest BCUT2D eigenvalue weighted by Gasteiger charge is -2.32. The summed E-state index contributed by atoms with van der Waals surface area (Å²) >= 11 is 11.4. The highest BCUT2D eigenvalue weighted by Gasteiger charge is 2.57. The molecule has 5 rings (SSSR count). The van der Waals surface area contributed by atoms with Crippen LogP contribution < -0.4 is 5.32 Å². The second kappa shape index (κ2) is 17.0. The fraction of sp³-hybridized carbons (Fsp3) is 0.576. The standard InChI is InChI=1S/C22H28F2N2.C7H7Cl2N.C2H4O.C2H6/c23-22(24)8-11-26(12-9-22)10-2-4-17-6-7-21(15-20(21)13-17)19-5-1-3-18(14-19)16-25;1-10-5-2-3-6(8)7(9)4-5;1-2-3;1-2/h1,3,5,14,17,20H,2,4,6-13,15H2;2-4,10H,1H3;2H,1H3;1-2H3/t17?,20?,21-;;;/m1.../s1. The predicted molar refractivity (Wildman–Crippen MR) is 167 cm³/mol. The summed E-state index contributed by atoms with van der Waals surface area (Å²) in [6.45, 7) is 7.53. The van der Waals surface area contributed by atoms with Crippen molar-refractivity contribution in [3.05, 3.63) is 63.6 Å². The lowest BCUT2D eigenvalue weighted by atomic mass is 9.76. The fourth-order valence-electron chi connectivity index (χ4n) is 6.00. The number of carbonyl (C=O) groups excluding carboxylic acids is 1. The maximum atomic E-state index is 13.2. The molecule has 2 unspecified atom stereocenters. The molecule has 0 amide bonds. The Morgan fingerprint density at radius 2 is 1.78 bits per heavy atom. The fourth-order valence-corrected chi connectivity index (χ4v) is 6.29. The van der Waals surface area contributed by atoms with E-state index in [0.717, 1.165) is 42.3 Å². The van der Waals surface area contributed by atoms with Gasteiger partial charge in [0.05, 0.1) is 21.7 Å². The van der Waals surface area contributed by atoms with Crippen molar-refractivity contribution >= 4 is 35.2 Å². The van der Waals surface area contributed by atoms with E-state index in [4.69, 9.17) is 33.3 Å². The molecule has 3 atom stereocenters. The molecule has 2 aromatic rings. The van der Waals surface area contributed by atoms with Crippen molar-refractivity contribution in [3.63, 3.8) is 0 Å². The van der Waals surface area contributed by atoms with Gasteiger partial charge in [-0.25, -0.2) is 8.78 Å². The maximum Gasteiger partial charge on any atom is 0.250 e. The molecule has 0 aromatic heterocycles. The summed E-state index contributed by atoms with van der Waals surface area (Å²) in [5.74, 6) is -0.859. The molecule has 0 spiro atoms. The van der Waals surface area contributed by atoms with E-state index in [0.29, 0.717) is 28.5 Å². The number of alkyl halides is 2. The van der Waals surface area contributed by atoms with Gasteiger partial charge in [0.15, 0.2) is 0 Å². The number of carbonyl (C=O) groups is 1. The van der Waals surface area contributed by atoms with Crippen molar-refractivity contribution < 1.29 is 13.6 Å². The first kappa shape index (κ1) is 35.0. The first-order valence-corrected chi connectivity index (χ1v) is 15.6. The van der Waals surface area contributed by atoms with Crippen molar-refractivity contribution in [2.75, 3.05) is 32.0 Å². The molecule has 3 aliphatic rings. The van der Waals surface area contributed by atoms with Gasteiger partial charge in [-0.05, 0) is 105 Å². The molecule has 1 heterocycles. The first-order chi connectivity index (χ1) is 19.7. The number of anilines is 1. The van der Waals surface area contributed by atoms with Gasteiger partial charge in [0.2, 0.25) is 0 Å². The topological polar surface area (TPSA) is 56.1 Å². The van der Waals surface area contributed by atoms with Gasteiger partial charge in [0.1, 0.15) is 6.29 Å². The van der Waals surface area contributed by atoms with Gasteiger partial charge < -0.3 is 15.0 Å². The number of piperidine rings is 1. The molecule has 1 N–H and O–H groups in total. The third kappa shape index (κ3) is 10.5. The van der Waals surface area contributed by atoms with E-state index >= 15 is 0 Å². The van der Waals surface area contributed by atoms with Crippen LogP contribution in [0.5, 0.6) is 0 Å². The largest absolute Gasteiger partial charge is 0.388 e. The van der Waals surface area contributed by atoms with Crippen LogP contribution in [0.2, 0.25) is 10.0 Å². The van der Waals surface area contributed by atoms with E-state index in [1.165, 1.54) is 44.6 Å². The van der Waals surface area contributed by atoms with E-state index in [1.807, 2.05) is 39.1 Å². The van der Waals surface area contributed by atoms with E-state index in [1.54, 1.807) is 12.1 Å². The Labute approximate surface area is 255 Å². The zero-order chi connectivity index (χ0) is 30.5. The normalized spacial score (nSPS) is 23.9. The van der Waals surface area contributed by atoms with E-state index in [9.17, 15) is 8.78 Å². The molecule has 2 saturated carbocycles. The summed E-state index contributed by atoms with van der Waals surface area (Å²) in [5, 5.41) is 13.3. The number of nitrogens with one attached hydrogen (secondary N) is 1. The number of halogens is 4. The first-order valence-electron chi connectivity index (χ1n) is 14.8. The van der Waals surface area contributed by atoms with Gasteiger partial charge in [-0.3, -0.25) is 0 Å². The quantitative estimate of drug-likeness (QED) is 0.332. The highest BCUT2D eigenvalue weighted by Crippen LogP contribution is 2.63. The summed E-state index contributed by atoms with van der Waals surface area (Å²) in [4.78, 5) is 11.0. The number of aldehydes is 1. The number of fused-ring (bicyclic) bond motifs is 1. The highest BCUT2D eigenvalue weighted by atomic mass is 35.5. The van der Waals surface area contributed by atoms with Gasteiger partial charge in [-0.1, -0.05) is 49.2 Å². The Balaban J connectivity index is 0.000000327. The van der Waals surface area contributed by atoms with E-state index in [-0.39, 0.29) is 12.8 Å². The van der Waals surface area contributed by atoms with Crippen LogP contribution in [0, 0.1) is 23.2 Å². The Morgan fingerprint density at radius 1 is 1.10 bits per heavy atom. The van der Waals surface area contributed by atoms with Gasteiger partial charge in [-0.15, -0.1) is 0 Å². The number of rotatable bonds is 6. The Bertz CT molecular complexity index is 1130. The average molecular weight is 609 g/mol. The van der Waals surface area contributed by atoms with Crippen LogP contribution >= 0.6 is 23.2 Å². The van der Waals surface area contributed by atoms with Gasteiger partial charge in [0.25, 0.3) is 5.92 Å². The molecule has 1 saturated heterocycles. The zero-order valence-electron chi connectivity index (χ0n) is 24.9. The minimum atomic E-state index is -2.43. The number of likely N-dealkylation sites (tertiary alicyclic amines) is 1. The van der Waals surface area contributed by atoms with Crippen LogP contribution in [-0.4, -0.2) is 43.8 Å². The predicted octanol–water partition coefficient (Wildman–Crippen LogP) is 9.39. The number of hydrogen-bond donors (Lipinski definition) is 1. The van der Waals surface area contributed by atoms with E-state index in [2.05, 4.69) is 28.4 Å². The molecule has 3 fully saturated rings. The third-order valence-electron chi connectivity index (χ3n) is 8.30. The molecule has 226 valence electrons. The molecule has 8 heteroatoms. The Kier molecular flexibility index (Phi) is 14.6. The molecule has 2 aromatic carbocycles. The summed E-state index contributed by atoms with van der Waals surface area (Å²) in [5.41, 5.74) is 3.46. The molecular weight excluding hydrogens is 563 g/mol. The molecule has 41 heavy (non-hydrogen) atoms.